The van der Waals surface area contributed by atoms with Crippen LogP contribution in [0.3, 0.4) is 0 Å². The molecule has 0 aliphatic carbocycles. The average Bonchev–Trinajstić information content (AvgIpc) is 2.27. The van der Waals surface area contributed by atoms with Crippen LogP contribution in [0.4, 0.5) is 0 Å². The summed E-state index contributed by atoms with van der Waals surface area (Å²) in [7, 11) is -3.08. The van der Waals surface area contributed by atoms with E-state index < -0.39 is 10.0 Å². The molecule has 90 valence electrons. The van der Waals surface area contributed by atoms with E-state index in [1.807, 2.05) is 44.2 Å². The lowest BCUT2D eigenvalue weighted by molar-refractivity contribution is 0.573. The van der Waals surface area contributed by atoms with Crippen LogP contribution < -0.4 is 4.72 Å². The van der Waals surface area contributed by atoms with E-state index in [9.17, 15) is 8.42 Å². The second-order valence-corrected chi connectivity index (χ2v) is 5.91. The fraction of sp³-hybridized carbons (Fsp3) is 0.500. The lowest BCUT2D eigenvalue weighted by atomic mass is 10.0. The first-order valence-corrected chi connectivity index (χ1v) is 7.22. The molecule has 0 aliphatic rings. The fourth-order valence-corrected chi connectivity index (χ4v) is 2.68. The minimum atomic E-state index is -3.08. The lowest BCUT2D eigenvalue weighted by Crippen LogP contribution is -2.29. The molecular formula is C12H19NO2S. The summed E-state index contributed by atoms with van der Waals surface area (Å²) in [6, 6.07) is 9.91. The van der Waals surface area contributed by atoms with Crippen LogP contribution in [-0.2, 0) is 10.0 Å². The van der Waals surface area contributed by atoms with E-state index in [1.165, 1.54) is 0 Å². The van der Waals surface area contributed by atoms with Crippen molar-refractivity contribution in [3.8, 4) is 0 Å². The molecule has 1 rings (SSSR count). The Morgan fingerprint density at radius 2 is 1.88 bits per heavy atom. The first-order valence-electron chi connectivity index (χ1n) is 5.57. The van der Waals surface area contributed by atoms with Gasteiger partial charge in [0.15, 0.2) is 0 Å². The second kappa shape index (κ2) is 6.01. The normalized spacial score (nSPS) is 13.6. The predicted octanol–water partition coefficient (Wildman–Crippen LogP) is 2.12. The zero-order valence-electron chi connectivity index (χ0n) is 9.81. The molecule has 0 radical (unpaired) electrons. The van der Waals surface area contributed by atoms with E-state index in [1.54, 1.807) is 0 Å². The smallest absolute Gasteiger partial charge is 0.211 e. The van der Waals surface area contributed by atoms with E-state index in [2.05, 4.69) is 4.72 Å². The number of hydrogen-bond donors (Lipinski definition) is 1. The first-order chi connectivity index (χ1) is 7.55. The Balaban J connectivity index is 2.51. The lowest BCUT2D eigenvalue weighted by Gasteiger charge is -2.12. The molecule has 3 nitrogen and oxygen atoms in total. The summed E-state index contributed by atoms with van der Waals surface area (Å²) in [6.45, 7) is 4.34. The Hall–Kier alpha value is -0.870. The SMILES string of the molecule is CCCS(=O)(=O)NC[C@H](C)c1ccccc1. The van der Waals surface area contributed by atoms with Gasteiger partial charge in [0.1, 0.15) is 0 Å². The third-order valence-electron chi connectivity index (χ3n) is 2.45. The van der Waals surface area contributed by atoms with E-state index in [0.29, 0.717) is 13.0 Å². The van der Waals surface area contributed by atoms with Crippen LogP contribution in [0.25, 0.3) is 0 Å². The van der Waals surface area contributed by atoms with Crippen molar-refractivity contribution in [2.24, 2.45) is 0 Å². The molecule has 0 spiro atoms. The number of hydrogen-bond acceptors (Lipinski definition) is 2. The van der Waals surface area contributed by atoms with E-state index in [-0.39, 0.29) is 11.7 Å². The van der Waals surface area contributed by atoms with E-state index in [0.717, 1.165) is 5.56 Å². The molecule has 0 unspecified atom stereocenters. The highest BCUT2D eigenvalue weighted by Crippen LogP contribution is 2.13. The van der Waals surface area contributed by atoms with Gasteiger partial charge < -0.3 is 0 Å². The van der Waals surface area contributed by atoms with Crippen molar-refractivity contribution in [1.82, 2.24) is 4.72 Å². The predicted molar refractivity (Wildman–Crippen MR) is 66.9 cm³/mol. The number of rotatable bonds is 6. The van der Waals surface area contributed by atoms with Crippen molar-refractivity contribution < 1.29 is 8.42 Å². The van der Waals surface area contributed by atoms with Crippen LogP contribution >= 0.6 is 0 Å². The fourth-order valence-electron chi connectivity index (χ4n) is 1.49. The van der Waals surface area contributed by atoms with Crippen molar-refractivity contribution in [1.29, 1.82) is 0 Å². The maximum Gasteiger partial charge on any atom is 0.211 e. The van der Waals surface area contributed by atoms with Crippen LogP contribution in [0.15, 0.2) is 30.3 Å². The highest BCUT2D eigenvalue weighted by molar-refractivity contribution is 7.89. The quantitative estimate of drug-likeness (QED) is 0.829. The summed E-state index contributed by atoms with van der Waals surface area (Å²) in [5.74, 6) is 0.405. The minimum absolute atomic E-state index is 0.202. The summed E-state index contributed by atoms with van der Waals surface area (Å²) in [5, 5.41) is 0. The molecule has 1 N–H and O–H groups in total. The van der Waals surface area contributed by atoms with Crippen molar-refractivity contribution in [3.63, 3.8) is 0 Å². The molecule has 0 amide bonds. The maximum absolute atomic E-state index is 11.5. The largest absolute Gasteiger partial charge is 0.215 e. The standard InChI is InChI=1S/C12H19NO2S/c1-3-9-16(14,15)13-10-11(2)12-7-5-4-6-8-12/h4-8,11,13H,3,9-10H2,1-2H3/t11-/m0/s1. The van der Waals surface area contributed by atoms with Crippen LogP contribution in [0.1, 0.15) is 31.7 Å². The number of nitrogens with one attached hydrogen (secondary N) is 1. The Kier molecular flexibility index (Phi) is 4.96. The van der Waals surface area contributed by atoms with Gasteiger partial charge in [-0.25, -0.2) is 13.1 Å². The molecule has 0 bridgehead atoms. The van der Waals surface area contributed by atoms with Crippen LogP contribution in [0, 0.1) is 0 Å². The van der Waals surface area contributed by atoms with Gasteiger partial charge in [-0.3, -0.25) is 0 Å². The van der Waals surface area contributed by atoms with Crippen LogP contribution in [0.5, 0.6) is 0 Å². The van der Waals surface area contributed by atoms with Crippen molar-refractivity contribution in [3.05, 3.63) is 35.9 Å². The summed E-state index contributed by atoms with van der Waals surface area (Å²) in [5.41, 5.74) is 1.15. The van der Waals surface area contributed by atoms with Gasteiger partial charge in [-0.2, -0.15) is 0 Å². The van der Waals surface area contributed by atoms with Gasteiger partial charge in [-0.1, -0.05) is 44.2 Å². The molecule has 0 aromatic heterocycles. The summed E-state index contributed by atoms with van der Waals surface area (Å²) >= 11 is 0. The Morgan fingerprint density at radius 3 is 2.44 bits per heavy atom. The number of benzene rings is 1. The van der Waals surface area contributed by atoms with Gasteiger partial charge in [-0.05, 0) is 17.9 Å². The Morgan fingerprint density at radius 1 is 1.25 bits per heavy atom. The van der Waals surface area contributed by atoms with Gasteiger partial charge in [0.2, 0.25) is 10.0 Å². The molecule has 1 atom stereocenters. The number of sulfonamides is 1. The van der Waals surface area contributed by atoms with Crippen molar-refractivity contribution >= 4 is 10.0 Å². The Labute approximate surface area is 97.9 Å². The monoisotopic (exact) mass is 241 g/mol. The second-order valence-electron chi connectivity index (χ2n) is 3.98. The van der Waals surface area contributed by atoms with Gasteiger partial charge in [0.25, 0.3) is 0 Å². The first kappa shape index (κ1) is 13.2. The van der Waals surface area contributed by atoms with E-state index >= 15 is 0 Å². The third kappa shape index (κ3) is 4.33. The molecule has 0 saturated heterocycles. The molecule has 1 aromatic carbocycles. The van der Waals surface area contributed by atoms with Gasteiger partial charge in [0.05, 0.1) is 5.75 Å². The minimum Gasteiger partial charge on any atom is -0.215 e. The molecule has 4 heteroatoms. The third-order valence-corrected chi connectivity index (χ3v) is 4.00. The van der Waals surface area contributed by atoms with Gasteiger partial charge in [0, 0.05) is 6.54 Å². The molecular weight excluding hydrogens is 222 g/mol. The van der Waals surface area contributed by atoms with Gasteiger partial charge in [-0.15, -0.1) is 0 Å². The summed E-state index contributed by atoms with van der Waals surface area (Å²) in [6.07, 6.45) is 0.648. The zero-order chi connectivity index (χ0) is 12.0. The van der Waals surface area contributed by atoms with E-state index in [4.69, 9.17) is 0 Å². The molecule has 0 heterocycles. The Bertz CT molecular complexity index is 400. The van der Waals surface area contributed by atoms with Gasteiger partial charge >= 0.3 is 0 Å². The molecule has 0 fully saturated rings. The summed E-state index contributed by atoms with van der Waals surface area (Å²) < 4.78 is 25.5. The highest BCUT2D eigenvalue weighted by atomic mass is 32.2. The highest BCUT2D eigenvalue weighted by Gasteiger charge is 2.11. The van der Waals surface area contributed by atoms with Crippen molar-refractivity contribution in [2.75, 3.05) is 12.3 Å². The maximum atomic E-state index is 11.5. The zero-order valence-corrected chi connectivity index (χ0v) is 10.6. The average molecular weight is 241 g/mol. The summed E-state index contributed by atoms with van der Waals surface area (Å²) in [4.78, 5) is 0. The molecule has 16 heavy (non-hydrogen) atoms. The molecule has 0 saturated carbocycles. The van der Waals surface area contributed by atoms with Crippen LogP contribution in [-0.4, -0.2) is 20.7 Å². The molecule has 1 aromatic rings. The van der Waals surface area contributed by atoms with Crippen LogP contribution in [0.2, 0.25) is 0 Å². The topological polar surface area (TPSA) is 46.2 Å². The molecule has 0 aliphatic heterocycles. The van der Waals surface area contributed by atoms with Crippen molar-refractivity contribution in [2.45, 2.75) is 26.2 Å².